The van der Waals surface area contributed by atoms with E-state index in [2.05, 4.69) is 15.6 Å². The molecular weight excluding hydrogens is 264 g/mol. The Bertz CT molecular complexity index is 589. The van der Waals surface area contributed by atoms with Crippen LogP contribution >= 0.6 is 0 Å². The number of anilines is 2. The van der Waals surface area contributed by atoms with Crippen LogP contribution in [0.5, 0.6) is 0 Å². The first-order valence-electron chi connectivity index (χ1n) is 6.20. The van der Waals surface area contributed by atoms with E-state index in [-0.39, 0.29) is 17.5 Å². The van der Waals surface area contributed by atoms with Gasteiger partial charge in [-0.05, 0) is 6.92 Å². The highest BCUT2D eigenvalue weighted by Crippen LogP contribution is 2.08. The highest BCUT2D eigenvalue weighted by molar-refractivity contribution is 5.73. The number of carbonyl (C=O) groups is 1. The van der Waals surface area contributed by atoms with Gasteiger partial charge in [-0.1, -0.05) is 0 Å². The lowest BCUT2D eigenvalue weighted by molar-refractivity contribution is 0.218. The lowest BCUT2D eigenvalue weighted by Crippen LogP contribution is -2.38. The summed E-state index contributed by atoms with van der Waals surface area (Å²) in [7, 11) is 3.26. The minimum atomic E-state index is -0.573. The second-order valence-corrected chi connectivity index (χ2v) is 4.32. The highest BCUT2D eigenvalue weighted by Gasteiger charge is 2.10. The number of hydrogen-bond donors (Lipinski definition) is 4. The van der Waals surface area contributed by atoms with Crippen LogP contribution in [-0.4, -0.2) is 47.7 Å². The molecule has 2 amide bonds. The molecule has 0 bridgehead atoms. The largest absolute Gasteiger partial charge is 0.383 e. The third kappa shape index (κ3) is 3.53. The van der Waals surface area contributed by atoms with Crippen molar-refractivity contribution in [3.63, 3.8) is 0 Å². The zero-order chi connectivity index (χ0) is 15.3. The molecule has 0 fully saturated rings. The molecule has 0 unspecified atom stereocenters. The van der Waals surface area contributed by atoms with Crippen molar-refractivity contribution in [2.24, 2.45) is 0 Å². The lowest BCUT2D eigenvalue weighted by atomic mass is 10.4. The molecule has 112 valence electrons. The van der Waals surface area contributed by atoms with E-state index >= 15 is 0 Å². The van der Waals surface area contributed by atoms with Crippen LogP contribution in [0.1, 0.15) is 6.92 Å². The van der Waals surface area contributed by atoms with Gasteiger partial charge in [0.05, 0.1) is 0 Å². The molecule has 1 heterocycles. The summed E-state index contributed by atoms with van der Waals surface area (Å²) in [6, 6.07) is -0.229. The Morgan fingerprint density at radius 3 is 2.55 bits per heavy atom. The van der Waals surface area contributed by atoms with Crippen LogP contribution in [0.15, 0.2) is 9.59 Å². The van der Waals surface area contributed by atoms with Crippen LogP contribution in [0.25, 0.3) is 0 Å². The standard InChI is InChI=1S/C11H20N6O3/c1-4-17-8(12)7(9(18)15-11(17)20)13-5-6-14-10(19)16(2)3/h13H,4-6,12H2,1-3H3,(H,14,19)(H,15,18,20). The summed E-state index contributed by atoms with van der Waals surface area (Å²) in [6.07, 6.45) is 0. The summed E-state index contributed by atoms with van der Waals surface area (Å²) in [5.74, 6) is 0.0835. The number of nitrogens with one attached hydrogen (secondary N) is 3. The van der Waals surface area contributed by atoms with Crippen molar-refractivity contribution in [3.05, 3.63) is 20.8 Å². The van der Waals surface area contributed by atoms with Crippen LogP contribution in [0.2, 0.25) is 0 Å². The van der Waals surface area contributed by atoms with Crippen LogP contribution in [0.4, 0.5) is 16.3 Å². The van der Waals surface area contributed by atoms with Gasteiger partial charge in [0.25, 0.3) is 5.56 Å². The summed E-state index contributed by atoms with van der Waals surface area (Å²) < 4.78 is 1.25. The lowest BCUT2D eigenvalue weighted by Gasteiger charge is -2.14. The number of nitrogens with zero attached hydrogens (tertiary/aromatic N) is 2. The maximum absolute atomic E-state index is 11.7. The van der Waals surface area contributed by atoms with E-state index in [0.717, 1.165) is 0 Å². The van der Waals surface area contributed by atoms with Crippen molar-refractivity contribution < 1.29 is 4.79 Å². The summed E-state index contributed by atoms with van der Waals surface area (Å²) in [4.78, 5) is 38.0. The fourth-order valence-corrected chi connectivity index (χ4v) is 1.59. The summed E-state index contributed by atoms with van der Waals surface area (Å²) in [6.45, 7) is 2.74. The van der Waals surface area contributed by atoms with Gasteiger partial charge in [0.15, 0.2) is 0 Å². The SMILES string of the molecule is CCn1c(N)c(NCCNC(=O)N(C)C)c(=O)[nH]c1=O. The Hall–Kier alpha value is -2.45. The molecule has 0 radical (unpaired) electrons. The molecule has 0 saturated carbocycles. The molecule has 0 aliphatic carbocycles. The van der Waals surface area contributed by atoms with E-state index in [1.165, 1.54) is 9.47 Å². The Morgan fingerprint density at radius 2 is 2.00 bits per heavy atom. The van der Waals surface area contributed by atoms with Gasteiger partial charge in [0.2, 0.25) is 0 Å². The zero-order valence-electron chi connectivity index (χ0n) is 11.8. The molecule has 0 saturated heterocycles. The number of nitrogen functional groups attached to an aromatic ring is 1. The van der Waals surface area contributed by atoms with Crippen molar-refractivity contribution in [2.45, 2.75) is 13.5 Å². The minimum absolute atomic E-state index is 0.0835. The maximum atomic E-state index is 11.7. The average Bonchev–Trinajstić information content (AvgIpc) is 2.37. The Kier molecular flexibility index (Phi) is 5.18. The van der Waals surface area contributed by atoms with Crippen LogP contribution in [0.3, 0.4) is 0 Å². The second-order valence-electron chi connectivity index (χ2n) is 4.32. The first-order valence-corrected chi connectivity index (χ1v) is 6.20. The fourth-order valence-electron chi connectivity index (χ4n) is 1.59. The van der Waals surface area contributed by atoms with Crippen molar-refractivity contribution in [3.8, 4) is 0 Å². The quantitative estimate of drug-likeness (QED) is 0.507. The molecule has 1 aromatic rings. The van der Waals surface area contributed by atoms with Gasteiger partial charge < -0.3 is 21.3 Å². The number of urea groups is 1. The number of H-pyrrole nitrogens is 1. The second kappa shape index (κ2) is 6.64. The Labute approximate surface area is 115 Å². The molecule has 1 aromatic heterocycles. The van der Waals surface area contributed by atoms with E-state index in [9.17, 15) is 14.4 Å². The number of nitrogens with two attached hydrogens (primary N) is 1. The van der Waals surface area contributed by atoms with Gasteiger partial charge in [-0.15, -0.1) is 0 Å². The number of hydrogen-bond acceptors (Lipinski definition) is 5. The molecule has 5 N–H and O–H groups in total. The number of amides is 2. The normalized spacial score (nSPS) is 10.2. The van der Waals surface area contributed by atoms with E-state index in [0.29, 0.717) is 19.6 Å². The summed E-state index contributed by atoms with van der Waals surface area (Å²) >= 11 is 0. The van der Waals surface area contributed by atoms with Gasteiger partial charge in [0.1, 0.15) is 11.5 Å². The molecule has 0 aliphatic heterocycles. The Balaban J connectivity index is 2.72. The van der Waals surface area contributed by atoms with E-state index in [1.807, 2.05) is 0 Å². The highest BCUT2D eigenvalue weighted by atomic mass is 16.2. The number of aromatic nitrogens is 2. The summed E-state index contributed by atoms with van der Waals surface area (Å²) in [5.41, 5.74) is 4.79. The van der Waals surface area contributed by atoms with Crippen molar-refractivity contribution in [1.29, 1.82) is 0 Å². The van der Waals surface area contributed by atoms with Crippen molar-refractivity contribution in [1.82, 2.24) is 19.8 Å². The first-order chi connectivity index (χ1) is 9.38. The minimum Gasteiger partial charge on any atom is -0.383 e. The third-order valence-electron chi connectivity index (χ3n) is 2.67. The zero-order valence-corrected chi connectivity index (χ0v) is 11.8. The van der Waals surface area contributed by atoms with Crippen molar-refractivity contribution in [2.75, 3.05) is 38.2 Å². The topological polar surface area (TPSA) is 125 Å². The molecule has 1 rings (SSSR count). The van der Waals surface area contributed by atoms with E-state index in [4.69, 9.17) is 5.73 Å². The Morgan fingerprint density at radius 1 is 1.35 bits per heavy atom. The number of rotatable bonds is 5. The molecule has 20 heavy (non-hydrogen) atoms. The smallest absolute Gasteiger partial charge is 0.330 e. The molecule has 0 spiro atoms. The van der Waals surface area contributed by atoms with Gasteiger partial charge in [-0.2, -0.15) is 0 Å². The van der Waals surface area contributed by atoms with E-state index in [1.54, 1.807) is 21.0 Å². The van der Waals surface area contributed by atoms with Crippen LogP contribution < -0.4 is 27.6 Å². The van der Waals surface area contributed by atoms with Crippen LogP contribution in [-0.2, 0) is 6.54 Å². The monoisotopic (exact) mass is 284 g/mol. The first kappa shape index (κ1) is 15.6. The van der Waals surface area contributed by atoms with Gasteiger partial charge in [-0.25, -0.2) is 9.59 Å². The molecular formula is C11H20N6O3. The van der Waals surface area contributed by atoms with Gasteiger partial charge in [-0.3, -0.25) is 14.3 Å². The fraction of sp³-hybridized carbons (Fsp3) is 0.545. The van der Waals surface area contributed by atoms with Crippen LogP contribution in [0, 0.1) is 0 Å². The molecule has 9 heteroatoms. The average molecular weight is 284 g/mol. The van der Waals surface area contributed by atoms with Gasteiger partial charge >= 0.3 is 11.7 Å². The molecule has 0 aromatic carbocycles. The predicted molar refractivity (Wildman–Crippen MR) is 77.0 cm³/mol. The molecule has 0 atom stereocenters. The maximum Gasteiger partial charge on any atom is 0.330 e. The summed E-state index contributed by atoms with van der Waals surface area (Å²) in [5, 5.41) is 5.45. The molecule has 0 aliphatic rings. The third-order valence-corrected chi connectivity index (χ3v) is 2.67. The van der Waals surface area contributed by atoms with Gasteiger partial charge in [0, 0.05) is 33.7 Å². The van der Waals surface area contributed by atoms with Crippen molar-refractivity contribution >= 4 is 17.5 Å². The molecule has 9 nitrogen and oxygen atoms in total. The number of aromatic amines is 1. The number of carbonyl (C=O) groups excluding carboxylic acids is 1. The predicted octanol–water partition coefficient (Wildman–Crippen LogP) is -1.18. The van der Waals surface area contributed by atoms with E-state index < -0.39 is 11.2 Å².